The number of aromatic amines is 1. The van der Waals surface area contributed by atoms with E-state index in [0.29, 0.717) is 11.3 Å². The number of nitrogens with zero attached hydrogens (tertiary/aromatic N) is 2. The first kappa shape index (κ1) is 27.9. The molecule has 44 heavy (non-hydrogen) atoms. The fraction of sp³-hybridized carbons (Fsp3) is 0.0294. The average Bonchev–Trinajstić information content (AvgIpc) is 3.46. The Morgan fingerprint density at radius 1 is 0.864 bits per heavy atom. The third kappa shape index (κ3) is 5.47. The van der Waals surface area contributed by atoms with E-state index in [1.54, 1.807) is 12.1 Å². The molecular weight excluding hydrogens is 560 g/mol. The van der Waals surface area contributed by atoms with Crippen molar-refractivity contribution in [3.05, 3.63) is 136 Å². The minimum Gasteiger partial charge on any atom is -0.493 e. The van der Waals surface area contributed by atoms with Crippen LogP contribution in [0.4, 0.5) is 5.69 Å². The number of carbonyl (C=O) groups excluding carboxylic acids is 2. The third-order valence-electron chi connectivity index (χ3n) is 7.07. The van der Waals surface area contributed by atoms with Crippen molar-refractivity contribution >= 4 is 45.5 Å². The lowest BCUT2D eigenvalue weighted by Gasteiger charge is -2.10. The zero-order valence-electron chi connectivity index (χ0n) is 23.3. The van der Waals surface area contributed by atoms with Crippen molar-refractivity contribution in [1.82, 2.24) is 10.4 Å². The van der Waals surface area contributed by atoms with Crippen molar-refractivity contribution in [3.63, 3.8) is 0 Å². The van der Waals surface area contributed by atoms with Gasteiger partial charge in [-0.1, -0.05) is 66.7 Å². The van der Waals surface area contributed by atoms with Crippen LogP contribution in [0, 0.1) is 10.1 Å². The zero-order valence-corrected chi connectivity index (χ0v) is 23.3. The first-order valence-corrected chi connectivity index (χ1v) is 13.5. The number of nitro benzene ring substituents is 1. The Morgan fingerprint density at radius 2 is 1.61 bits per heavy atom. The number of benzene rings is 5. The molecule has 216 valence electrons. The molecule has 6 aromatic rings. The van der Waals surface area contributed by atoms with Gasteiger partial charge < -0.3 is 14.5 Å². The topological polar surface area (TPSA) is 136 Å². The lowest BCUT2D eigenvalue weighted by atomic mass is 9.99. The normalized spacial score (nSPS) is 11.1. The zero-order chi connectivity index (χ0) is 30.6. The molecule has 0 spiro atoms. The molecule has 1 heterocycles. The van der Waals surface area contributed by atoms with Crippen molar-refractivity contribution < 1.29 is 24.0 Å². The number of carbonyl (C=O) groups is 2. The summed E-state index contributed by atoms with van der Waals surface area (Å²) >= 11 is 0. The molecule has 0 radical (unpaired) electrons. The molecule has 10 heteroatoms. The van der Waals surface area contributed by atoms with Gasteiger partial charge in [0.25, 0.3) is 11.6 Å². The van der Waals surface area contributed by atoms with Crippen molar-refractivity contribution in [2.45, 2.75) is 0 Å². The number of nitro groups is 1. The van der Waals surface area contributed by atoms with Crippen LogP contribution in [0.25, 0.3) is 32.8 Å². The van der Waals surface area contributed by atoms with E-state index in [1.807, 2.05) is 66.7 Å². The largest absolute Gasteiger partial charge is 0.493 e. The summed E-state index contributed by atoms with van der Waals surface area (Å²) in [5.74, 6) is -0.715. The minimum atomic E-state index is -0.702. The predicted octanol–water partition coefficient (Wildman–Crippen LogP) is 6.89. The highest BCUT2D eigenvalue weighted by Gasteiger charge is 2.20. The molecule has 0 saturated carbocycles. The van der Waals surface area contributed by atoms with Crippen LogP contribution in [0.1, 0.15) is 26.4 Å². The lowest BCUT2D eigenvalue weighted by molar-refractivity contribution is -0.384. The monoisotopic (exact) mass is 584 g/mol. The highest BCUT2D eigenvalue weighted by Crippen LogP contribution is 2.36. The Morgan fingerprint density at radius 3 is 2.36 bits per heavy atom. The molecule has 0 bridgehead atoms. The van der Waals surface area contributed by atoms with E-state index >= 15 is 0 Å². The van der Waals surface area contributed by atoms with Crippen LogP contribution >= 0.6 is 0 Å². The average molecular weight is 585 g/mol. The molecule has 0 aliphatic rings. The van der Waals surface area contributed by atoms with Gasteiger partial charge in [0.05, 0.1) is 29.3 Å². The van der Waals surface area contributed by atoms with Gasteiger partial charge in [-0.25, -0.2) is 10.2 Å². The number of esters is 1. The number of hydrazone groups is 1. The van der Waals surface area contributed by atoms with Gasteiger partial charge in [-0.3, -0.25) is 14.9 Å². The van der Waals surface area contributed by atoms with Crippen LogP contribution in [-0.2, 0) is 0 Å². The molecule has 0 saturated heterocycles. The van der Waals surface area contributed by atoms with Gasteiger partial charge in [0, 0.05) is 28.5 Å². The number of H-pyrrole nitrogens is 1. The maximum absolute atomic E-state index is 13.5. The number of hydrogen-bond acceptors (Lipinski definition) is 7. The molecule has 0 unspecified atom stereocenters. The molecular formula is C34H24N4O6. The fourth-order valence-electron chi connectivity index (χ4n) is 4.96. The van der Waals surface area contributed by atoms with E-state index in [9.17, 15) is 19.7 Å². The van der Waals surface area contributed by atoms with Gasteiger partial charge in [-0.05, 0) is 46.8 Å². The number of fused-ring (bicyclic) bond motifs is 3. The summed E-state index contributed by atoms with van der Waals surface area (Å²) in [6, 6.07) is 31.6. The molecule has 0 aliphatic carbocycles. The number of rotatable bonds is 8. The Hall–Kier alpha value is -6.29. The smallest absolute Gasteiger partial charge is 0.343 e. The van der Waals surface area contributed by atoms with E-state index in [0.717, 1.165) is 32.8 Å². The van der Waals surface area contributed by atoms with Crippen molar-refractivity contribution in [2.24, 2.45) is 5.10 Å². The molecule has 0 aliphatic heterocycles. The molecule has 10 nitrogen and oxygen atoms in total. The van der Waals surface area contributed by atoms with Crippen LogP contribution in [0.15, 0.2) is 114 Å². The Kier molecular flexibility index (Phi) is 7.54. The number of amides is 1. The highest BCUT2D eigenvalue weighted by atomic mass is 16.6. The lowest BCUT2D eigenvalue weighted by Crippen LogP contribution is -2.18. The van der Waals surface area contributed by atoms with E-state index in [4.69, 9.17) is 9.47 Å². The summed E-state index contributed by atoms with van der Waals surface area (Å²) < 4.78 is 10.8. The minimum absolute atomic E-state index is 0.135. The Labute approximate surface area is 250 Å². The maximum atomic E-state index is 13.5. The number of nitrogens with one attached hydrogen (secondary N) is 2. The first-order chi connectivity index (χ1) is 21.4. The van der Waals surface area contributed by atoms with Gasteiger partial charge in [-0.15, -0.1) is 0 Å². The van der Waals surface area contributed by atoms with Crippen LogP contribution in [0.2, 0.25) is 0 Å². The molecule has 6 rings (SSSR count). The number of aromatic nitrogens is 1. The standard InChI is InChI=1S/C34H24N4O6/c1-43-29-19-21(11-18-28(29)44-34(40)24-12-15-25(16-13-24)38(41)42)20-35-37-33(39)32-30(23-8-3-2-4-9-23)27-17-14-22-7-5-6-10-26(22)31(27)36-32/h2-20,36H,1H3,(H,37,39). The van der Waals surface area contributed by atoms with E-state index in [-0.39, 0.29) is 22.7 Å². The fourth-order valence-corrected chi connectivity index (χ4v) is 4.96. The molecule has 2 N–H and O–H groups in total. The van der Waals surface area contributed by atoms with E-state index < -0.39 is 16.8 Å². The molecule has 1 amide bonds. The molecule has 0 fully saturated rings. The summed E-state index contributed by atoms with van der Waals surface area (Å²) in [6.07, 6.45) is 1.45. The van der Waals surface area contributed by atoms with Crippen LogP contribution in [0.5, 0.6) is 11.5 Å². The van der Waals surface area contributed by atoms with Crippen molar-refractivity contribution in [3.8, 4) is 22.6 Å². The van der Waals surface area contributed by atoms with E-state index in [1.165, 1.54) is 43.7 Å². The Bertz CT molecular complexity index is 2070. The third-order valence-corrected chi connectivity index (χ3v) is 7.07. The summed E-state index contributed by atoms with van der Waals surface area (Å²) in [5.41, 5.74) is 6.11. The van der Waals surface area contributed by atoms with Crippen LogP contribution < -0.4 is 14.9 Å². The second-order valence-corrected chi connectivity index (χ2v) is 9.75. The Balaban J connectivity index is 1.23. The molecule has 0 atom stereocenters. The second-order valence-electron chi connectivity index (χ2n) is 9.75. The van der Waals surface area contributed by atoms with Gasteiger partial charge in [0.2, 0.25) is 0 Å². The summed E-state index contributed by atoms with van der Waals surface area (Å²) in [4.78, 5) is 39.7. The first-order valence-electron chi connectivity index (χ1n) is 13.5. The molecule has 1 aromatic heterocycles. The summed E-state index contributed by atoms with van der Waals surface area (Å²) in [6.45, 7) is 0. The summed E-state index contributed by atoms with van der Waals surface area (Å²) in [5, 5.41) is 18.0. The quantitative estimate of drug-likeness (QED) is 0.0658. The van der Waals surface area contributed by atoms with Gasteiger partial charge >= 0.3 is 5.97 Å². The van der Waals surface area contributed by atoms with Crippen LogP contribution in [-0.4, -0.2) is 35.1 Å². The highest BCUT2D eigenvalue weighted by molar-refractivity contribution is 6.16. The number of ether oxygens (including phenoxy) is 2. The number of hydrogen-bond donors (Lipinski definition) is 2. The van der Waals surface area contributed by atoms with Gasteiger partial charge in [0.1, 0.15) is 5.69 Å². The van der Waals surface area contributed by atoms with Gasteiger partial charge in [0.15, 0.2) is 11.5 Å². The van der Waals surface area contributed by atoms with Gasteiger partial charge in [-0.2, -0.15) is 5.10 Å². The second kappa shape index (κ2) is 11.9. The number of non-ortho nitro benzene ring substituents is 1. The van der Waals surface area contributed by atoms with Crippen molar-refractivity contribution in [1.29, 1.82) is 0 Å². The van der Waals surface area contributed by atoms with Crippen LogP contribution in [0.3, 0.4) is 0 Å². The summed E-state index contributed by atoms with van der Waals surface area (Å²) in [7, 11) is 1.42. The number of methoxy groups -OCH3 is 1. The SMILES string of the molecule is COc1cc(C=NNC(=O)c2[nH]c3c(ccc4ccccc43)c2-c2ccccc2)ccc1OC(=O)c1ccc([N+](=O)[O-])cc1. The van der Waals surface area contributed by atoms with E-state index in [2.05, 4.69) is 15.5 Å². The van der Waals surface area contributed by atoms with Crippen molar-refractivity contribution in [2.75, 3.05) is 7.11 Å². The molecule has 5 aromatic carbocycles. The maximum Gasteiger partial charge on any atom is 0.343 e. The predicted molar refractivity (Wildman–Crippen MR) is 167 cm³/mol.